The molecule has 1 amide bonds. The Morgan fingerprint density at radius 1 is 0.735 bits per heavy atom. The number of benzene rings is 4. The summed E-state index contributed by atoms with van der Waals surface area (Å²) in [5.41, 5.74) is 8.87. The highest BCUT2D eigenvalue weighted by Gasteiger charge is 2.52. The molecule has 1 unspecified atom stereocenters. The minimum Gasteiger partial charge on any atom is -0.448 e. The minimum absolute atomic E-state index is 0.00737. The zero-order chi connectivity index (χ0) is 33.9. The average Bonchev–Trinajstić information content (AvgIpc) is 3.53. The van der Waals surface area contributed by atoms with E-state index in [0.717, 1.165) is 33.1 Å². The van der Waals surface area contributed by atoms with Crippen molar-refractivity contribution in [3.8, 4) is 0 Å². The van der Waals surface area contributed by atoms with E-state index >= 15 is 0 Å². The maximum Gasteiger partial charge on any atom is 0.378 e. The number of nitrogens with zero attached hydrogens (tertiary/aromatic N) is 2. The van der Waals surface area contributed by atoms with Crippen molar-refractivity contribution in [1.82, 2.24) is 9.64 Å². The standard InChI is InChI=1S/C38H31N3O7S/c39-31-35(43)41-32(38(45)47-34(26-17-9-3-10-18-26)27-19-11-4-12-20-27)28(23-49-36(31)41)22-40-30(42)21-29(48-40)37(44)46-33(24-13-5-1-6-14-24)25-15-7-2-8-16-25/h1-21,31,33-34,36H,22-23,39H2/t31?,36-/m1/s1. The monoisotopic (exact) mass is 673 g/mol. The lowest BCUT2D eigenvalue weighted by Crippen LogP contribution is -2.68. The zero-order valence-corrected chi connectivity index (χ0v) is 26.9. The summed E-state index contributed by atoms with van der Waals surface area (Å²) in [6.45, 7) is -0.211. The molecule has 1 aromatic heterocycles. The van der Waals surface area contributed by atoms with Crippen molar-refractivity contribution in [2.24, 2.45) is 5.73 Å². The number of hydrogen-bond acceptors (Lipinski definition) is 9. The van der Waals surface area contributed by atoms with E-state index < -0.39 is 47.0 Å². The van der Waals surface area contributed by atoms with Gasteiger partial charge in [-0.3, -0.25) is 14.5 Å². The van der Waals surface area contributed by atoms with Gasteiger partial charge < -0.3 is 19.7 Å². The summed E-state index contributed by atoms with van der Waals surface area (Å²) in [6, 6.07) is 37.3. The lowest BCUT2D eigenvalue weighted by Gasteiger charge is -2.48. The van der Waals surface area contributed by atoms with Crippen LogP contribution in [0.15, 0.2) is 148 Å². The van der Waals surface area contributed by atoms with E-state index in [9.17, 15) is 19.2 Å². The van der Waals surface area contributed by atoms with Crippen molar-refractivity contribution in [3.05, 3.63) is 177 Å². The first-order valence-corrected chi connectivity index (χ1v) is 16.7. The van der Waals surface area contributed by atoms with Gasteiger partial charge >= 0.3 is 11.9 Å². The molecule has 11 heteroatoms. The molecule has 7 rings (SSSR count). The topological polar surface area (TPSA) is 134 Å². The van der Waals surface area contributed by atoms with Crippen molar-refractivity contribution >= 4 is 29.6 Å². The second kappa shape index (κ2) is 13.8. The third-order valence-electron chi connectivity index (χ3n) is 8.39. The summed E-state index contributed by atoms with van der Waals surface area (Å²) in [5, 5.41) is -0.461. The molecule has 1 saturated heterocycles. The van der Waals surface area contributed by atoms with E-state index in [0.29, 0.717) is 5.57 Å². The van der Waals surface area contributed by atoms with Gasteiger partial charge in [-0.1, -0.05) is 121 Å². The smallest absolute Gasteiger partial charge is 0.378 e. The van der Waals surface area contributed by atoms with Crippen LogP contribution in [0.3, 0.4) is 0 Å². The van der Waals surface area contributed by atoms with Crippen LogP contribution in [0.4, 0.5) is 0 Å². The number of ether oxygens (including phenoxy) is 2. The van der Waals surface area contributed by atoms with Crippen molar-refractivity contribution in [2.45, 2.75) is 30.2 Å². The number of nitrogens with two attached hydrogens (primary N) is 1. The molecule has 0 spiro atoms. The number of hydrogen-bond donors (Lipinski definition) is 1. The predicted octanol–water partition coefficient (Wildman–Crippen LogP) is 5.22. The number of aromatic nitrogens is 1. The molecule has 0 radical (unpaired) electrons. The van der Waals surface area contributed by atoms with Crippen molar-refractivity contribution in [2.75, 3.05) is 5.75 Å². The molecular formula is C38H31N3O7S. The molecule has 0 bridgehead atoms. The molecule has 10 nitrogen and oxygen atoms in total. The Hall–Kier alpha value is -5.65. The fraction of sp³-hybridized carbons (Fsp3) is 0.158. The Bertz CT molecular complexity index is 1990. The molecule has 5 aromatic rings. The Kier molecular flexibility index (Phi) is 9.01. The predicted molar refractivity (Wildman–Crippen MR) is 182 cm³/mol. The number of carbonyl (C=O) groups excluding carboxylic acids is 3. The Morgan fingerprint density at radius 2 is 1.18 bits per heavy atom. The van der Waals surface area contributed by atoms with Gasteiger partial charge in [-0.25, -0.2) is 9.59 Å². The number of fused-ring (bicyclic) bond motifs is 1. The van der Waals surface area contributed by atoms with Crippen LogP contribution in [-0.4, -0.2) is 44.7 Å². The van der Waals surface area contributed by atoms with Crippen LogP contribution in [0.25, 0.3) is 0 Å². The summed E-state index contributed by atoms with van der Waals surface area (Å²) in [5.74, 6) is -2.04. The molecule has 49 heavy (non-hydrogen) atoms. The van der Waals surface area contributed by atoms with Crippen LogP contribution in [0.1, 0.15) is 45.0 Å². The summed E-state index contributed by atoms with van der Waals surface area (Å²) in [7, 11) is 0. The molecule has 2 N–H and O–H groups in total. The molecule has 2 atom stereocenters. The molecule has 0 saturated carbocycles. The molecule has 2 aliphatic heterocycles. The average molecular weight is 674 g/mol. The van der Waals surface area contributed by atoms with Crippen LogP contribution in [0, 0.1) is 0 Å². The lowest BCUT2D eigenvalue weighted by molar-refractivity contribution is -0.153. The lowest BCUT2D eigenvalue weighted by atomic mass is 10.0. The molecular weight excluding hydrogens is 642 g/mol. The van der Waals surface area contributed by atoms with Gasteiger partial charge in [-0.15, -0.1) is 11.8 Å². The van der Waals surface area contributed by atoms with Crippen LogP contribution < -0.4 is 11.3 Å². The van der Waals surface area contributed by atoms with Crippen LogP contribution in [0.5, 0.6) is 0 Å². The summed E-state index contributed by atoms with van der Waals surface area (Å²) < 4.78 is 18.7. The number of esters is 2. The highest BCUT2D eigenvalue weighted by molar-refractivity contribution is 8.00. The number of β-lactam (4-membered cyclic amide) rings is 1. The van der Waals surface area contributed by atoms with Gasteiger partial charge in [0.25, 0.3) is 5.56 Å². The number of thioether (sulfide) groups is 1. The van der Waals surface area contributed by atoms with Crippen molar-refractivity contribution in [3.63, 3.8) is 0 Å². The van der Waals surface area contributed by atoms with Crippen molar-refractivity contribution in [1.29, 1.82) is 0 Å². The fourth-order valence-corrected chi connectivity index (χ4v) is 7.22. The Balaban J connectivity index is 1.18. The molecule has 3 heterocycles. The summed E-state index contributed by atoms with van der Waals surface area (Å²) in [4.78, 5) is 55.0. The second-order valence-electron chi connectivity index (χ2n) is 11.6. The molecule has 0 aliphatic carbocycles. The zero-order valence-electron chi connectivity index (χ0n) is 26.1. The SMILES string of the molecule is NC1C(=O)N2C(C(=O)OC(c3ccccc3)c3ccccc3)=C(Cn3oc(C(=O)OC(c4ccccc4)c4ccccc4)cc3=O)CS[C@H]12. The number of amides is 1. The van der Waals surface area contributed by atoms with Crippen LogP contribution >= 0.6 is 11.8 Å². The van der Waals surface area contributed by atoms with Gasteiger partial charge in [0.15, 0.2) is 12.2 Å². The molecule has 1 fully saturated rings. The van der Waals surface area contributed by atoms with E-state index in [1.54, 1.807) is 0 Å². The van der Waals surface area contributed by atoms with Gasteiger partial charge in [-0.05, 0) is 27.8 Å². The summed E-state index contributed by atoms with van der Waals surface area (Å²) >= 11 is 1.37. The first-order valence-electron chi connectivity index (χ1n) is 15.6. The van der Waals surface area contributed by atoms with Gasteiger partial charge in [0.1, 0.15) is 17.1 Å². The van der Waals surface area contributed by atoms with E-state index in [-0.39, 0.29) is 23.8 Å². The minimum atomic E-state index is -0.835. The van der Waals surface area contributed by atoms with E-state index in [2.05, 4.69) is 0 Å². The largest absolute Gasteiger partial charge is 0.448 e. The highest BCUT2D eigenvalue weighted by Crippen LogP contribution is 2.41. The third-order valence-corrected chi connectivity index (χ3v) is 9.75. The van der Waals surface area contributed by atoms with Gasteiger partial charge in [0.2, 0.25) is 11.7 Å². The van der Waals surface area contributed by atoms with Gasteiger partial charge in [0, 0.05) is 5.75 Å². The second-order valence-corrected chi connectivity index (χ2v) is 12.7. The molecule has 4 aromatic carbocycles. The van der Waals surface area contributed by atoms with Gasteiger partial charge in [0.05, 0.1) is 12.6 Å². The maximum absolute atomic E-state index is 14.1. The van der Waals surface area contributed by atoms with Gasteiger partial charge in [-0.2, -0.15) is 4.74 Å². The fourth-order valence-electron chi connectivity index (χ4n) is 5.94. The normalized spacial score (nSPS) is 17.1. The summed E-state index contributed by atoms with van der Waals surface area (Å²) in [6.07, 6.45) is -1.51. The Morgan fingerprint density at radius 3 is 1.65 bits per heavy atom. The van der Waals surface area contributed by atoms with E-state index in [1.165, 1.54) is 16.7 Å². The van der Waals surface area contributed by atoms with Crippen LogP contribution in [-0.2, 0) is 25.6 Å². The van der Waals surface area contributed by atoms with E-state index in [1.807, 2.05) is 121 Å². The molecule has 246 valence electrons. The highest BCUT2D eigenvalue weighted by atomic mass is 32.2. The van der Waals surface area contributed by atoms with Crippen LogP contribution in [0.2, 0.25) is 0 Å². The number of rotatable bonds is 10. The molecule has 2 aliphatic rings. The first-order chi connectivity index (χ1) is 23.9. The number of carbonyl (C=O) groups is 3. The quantitative estimate of drug-likeness (QED) is 0.157. The van der Waals surface area contributed by atoms with Crippen molar-refractivity contribution < 1.29 is 28.4 Å². The Labute approximate surface area is 285 Å². The van der Waals surface area contributed by atoms with E-state index in [4.69, 9.17) is 19.7 Å². The maximum atomic E-state index is 14.1. The first kappa shape index (κ1) is 31.9. The third kappa shape index (κ3) is 6.46.